The van der Waals surface area contributed by atoms with E-state index in [1.807, 2.05) is 24.6 Å². The Kier molecular flexibility index (Phi) is 4.27. The van der Waals surface area contributed by atoms with Gasteiger partial charge in [0.05, 0.1) is 36.8 Å². The lowest BCUT2D eigenvalue weighted by Gasteiger charge is -2.32. The SMILES string of the molecule is Cc1nc(C)n(C[C@H]2CN(Cc3nc4ccccc4n3C)CCO2)n1. The van der Waals surface area contributed by atoms with Crippen molar-refractivity contribution < 1.29 is 4.74 Å². The fraction of sp³-hybridized carbons (Fsp3) is 0.500. The monoisotopic (exact) mass is 340 g/mol. The van der Waals surface area contributed by atoms with Crippen LogP contribution in [0.15, 0.2) is 24.3 Å². The number of rotatable bonds is 4. The van der Waals surface area contributed by atoms with E-state index in [-0.39, 0.29) is 6.10 Å². The number of aromatic nitrogens is 5. The molecule has 0 bridgehead atoms. The summed E-state index contributed by atoms with van der Waals surface area (Å²) >= 11 is 0. The standard InChI is InChI=1S/C18H24N6O/c1-13-19-14(2)24(21-13)11-15-10-23(8-9-25-15)12-18-20-16-6-4-5-7-17(16)22(18)3/h4-7,15H,8-12H2,1-3H3/t15-/m1/s1. The summed E-state index contributed by atoms with van der Waals surface area (Å²) in [4.78, 5) is 11.6. The predicted molar refractivity (Wildman–Crippen MR) is 95.2 cm³/mol. The zero-order chi connectivity index (χ0) is 17.4. The summed E-state index contributed by atoms with van der Waals surface area (Å²) in [6, 6.07) is 8.27. The number of hydrogen-bond donors (Lipinski definition) is 0. The van der Waals surface area contributed by atoms with Gasteiger partial charge in [-0.25, -0.2) is 14.6 Å². The van der Waals surface area contributed by atoms with Crippen molar-refractivity contribution in [3.8, 4) is 0 Å². The molecule has 1 saturated heterocycles. The molecule has 1 fully saturated rings. The predicted octanol–water partition coefficient (Wildman–Crippen LogP) is 1.68. The van der Waals surface area contributed by atoms with Crippen LogP contribution in [0.4, 0.5) is 0 Å². The van der Waals surface area contributed by atoms with Gasteiger partial charge < -0.3 is 9.30 Å². The fourth-order valence-corrected chi connectivity index (χ4v) is 3.50. The van der Waals surface area contributed by atoms with Crippen LogP contribution in [0.1, 0.15) is 17.5 Å². The van der Waals surface area contributed by atoms with Crippen molar-refractivity contribution in [2.75, 3.05) is 19.7 Å². The molecular weight excluding hydrogens is 316 g/mol. The Bertz CT molecular complexity index is 883. The Labute approximate surface area is 147 Å². The zero-order valence-electron chi connectivity index (χ0n) is 15.0. The Morgan fingerprint density at radius 2 is 2.04 bits per heavy atom. The number of aryl methyl sites for hydroxylation is 3. The highest BCUT2D eigenvalue weighted by Gasteiger charge is 2.23. The van der Waals surface area contributed by atoms with Gasteiger partial charge in [-0.1, -0.05) is 12.1 Å². The summed E-state index contributed by atoms with van der Waals surface area (Å²) in [5.74, 6) is 2.84. The lowest BCUT2D eigenvalue weighted by molar-refractivity contribution is -0.0413. The van der Waals surface area contributed by atoms with E-state index in [1.165, 1.54) is 5.52 Å². The molecule has 3 aromatic rings. The molecule has 0 saturated carbocycles. The van der Waals surface area contributed by atoms with Gasteiger partial charge >= 0.3 is 0 Å². The molecule has 0 aliphatic carbocycles. The van der Waals surface area contributed by atoms with Crippen LogP contribution >= 0.6 is 0 Å². The largest absolute Gasteiger partial charge is 0.374 e. The number of morpholine rings is 1. The van der Waals surface area contributed by atoms with E-state index in [0.29, 0.717) is 0 Å². The zero-order valence-corrected chi connectivity index (χ0v) is 15.0. The van der Waals surface area contributed by atoms with E-state index >= 15 is 0 Å². The van der Waals surface area contributed by atoms with Gasteiger partial charge in [0.25, 0.3) is 0 Å². The van der Waals surface area contributed by atoms with Gasteiger partial charge in [0, 0.05) is 20.1 Å². The number of hydrogen-bond acceptors (Lipinski definition) is 5. The van der Waals surface area contributed by atoms with Gasteiger partial charge in [-0.15, -0.1) is 0 Å². The first kappa shape index (κ1) is 16.2. The summed E-state index contributed by atoms with van der Waals surface area (Å²) < 4.78 is 10.1. The van der Waals surface area contributed by atoms with E-state index in [9.17, 15) is 0 Å². The first-order valence-corrected chi connectivity index (χ1v) is 8.72. The van der Waals surface area contributed by atoms with E-state index in [2.05, 4.69) is 44.8 Å². The summed E-state index contributed by atoms with van der Waals surface area (Å²) in [5, 5.41) is 4.45. The number of ether oxygens (including phenoxy) is 1. The van der Waals surface area contributed by atoms with Gasteiger partial charge in [0.15, 0.2) is 0 Å². The molecule has 1 atom stereocenters. The Balaban J connectivity index is 1.45. The van der Waals surface area contributed by atoms with Crippen LogP contribution in [0.2, 0.25) is 0 Å². The maximum absolute atomic E-state index is 5.95. The Morgan fingerprint density at radius 1 is 1.20 bits per heavy atom. The summed E-state index contributed by atoms with van der Waals surface area (Å²) in [7, 11) is 2.09. The Morgan fingerprint density at radius 3 is 2.80 bits per heavy atom. The first-order valence-electron chi connectivity index (χ1n) is 8.72. The second kappa shape index (κ2) is 6.57. The van der Waals surface area contributed by atoms with E-state index in [1.54, 1.807) is 0 Å². The molecule has 0 unspecified atom stereocenters. The van der Waals surface area contributed by atoms with Crippen LogP contribution in [0, 0.1) is 13.8 Å². The molecule has 7 nitrogen and oxygen atoms in total. The van der Waals surface area contributed by atoms with E-state index in [4.69, 9.17) is 9.72 Å². The minimum absolute atomic E-state index is 0.128. The lowest BCUT2D eigenvalue weighted by Crippen LogP contribution is -2.44. The van der Waals surface area contributed by atoms with Crippen LogP contribution in [-0.4, -0.2) is 55.0 Å². The first-order chi connectivity index (χ1) is 12.1. The number of imidazole rings is 1. The van der Waals surface area contributed by atoms with Crippen LogP contribution in [0.5, 0.6) is 0 Å². The average Bonchev–Trinajstić information content (AvgIpc) is 3.07. The normalized spacial score (nSPS) is 18.9. The topological polar surface area (TPSA) is 61.0 Å². The van der Waals surface area contributed by atoms with Crippen molar-refractivity contribution in [2.45, 2.75) is 33.0 Å². The number of para-hydroxylation sites is 2. The molecule has 1 aromatic carbocycles. The molecule has 2 aromatic heterocycles. The molecule has 4 rings (SSSR count). The van der Waals surface area contributed by atoms with Gasteiger partial charge in [0.1, 0.15) is 17.5 Å². The van der Waals surface area contributed by atoms with Crippen LogP contribution < -0.4 is 0 Å². The van der Waals surface area contributed by atoms with Crippen molar-refractivity contribution in [1.29, 1.82) is 0 Å². The Hall–Kier alpha value is -2.25. The molecule has 3 heterocycles. The molecule has 7 heteroatoms. The molecule has 132 valence electrons. The summed E-state index contributed by atoms with van der Waals surface area (Å²) in [6.07, 6.45) is 0.128. The number of nitrogens with zero attached hydrogens (tertiary/aromatic N) is 6. The molecule has 0 amide bonds. The van der Waals surface area contributed by atoms with Crippen molar-refractivity contribution in [3.63, 3.8) is 0 Å². The average molecular weight is 340 g/mol. The van der Waals surface area contributed by atoms with Crippen LogP contribution in [-0.2, 0) is 24.9 Å². The molecular formula is C18H24N6O. The minimum atomic E-state index is 0.128. The number of benzene rings is 1. The fourth-order valence-electron chi connectivity index (χ4n) is 3.50. The molecule has 0 spiro atoms. The third-order valence-corrected chi connectivity index (χ3v) is 4.81. The van der Waals surface area contributed by atoms with Gasteiger partial charge in [-0.05, 0) is 26.0 Å². The maximum atomic E-state index is 5.95. The molecule has 25 heavy (non-hydrogen) atoms. The van der Waals surface area contributed by atoms with Crippen molar-refractivity contribution in [1.82, 2.24) is 29.2 Å². The highest BCUT2D eigenvalue weighted by Crippen LogP contribution is 2.17. The van der Waals surface area contributed by atoms with E-state index in [0.717, 1.165) is 55.8 Å². The smallest absolute Gasteiger partial charge is 0.147 e. The molecule has 1 aliphatic heterocycles. The third kappa shape index (κ3) is 3.29. The van der Waals surface area contributed by atoms with Crippen molar-refractivity contribution in [3.05, 3.63) is 41.7 Å². The highest BCUT2D eigenvalue weighted by molar-refractivity contribution is 5.75. The second-order valence-corrected chi connectivity index (χ2v) is 6.69. The maximum Gasteiger partial charge on any atom is 0.147 e. The number of fused-ring (bicyclic) bond motifs is 1. The van der Waals surface area contributed by atoms with Crippen molar-refractivity contribution >= 4 is 11.0 Å². The quantitative estimate of drug-likeness (QED) is 0.723. The van der Waals surface area contributed by atoms with Gasteiger partial charge in [-0.3, -0.25) is 4.90 Å². The summed E-state index contributed by atoms with van der Waals surface area (Å²) in [6.45, 7) is 8.02. The highest BCUT2D eigenvalue weighted by atomic mass is 16.5. The van der Waals surface area contributed by atoms with Gasteiger partial charge in [0.2, 0.25) is 0 Å². The summed E-state index contributed by atoms with van der Waals surface area (Å²) in [5.41, 5.74) is 2.23. The minimum Gasteiger partial charge on any atom is -0.374 e. The molecule has 0 N–H and O–H groups in total. The van der Waals surface area contributed by atoms with E-state index < -0.39 is 0 Å². The van der Waals surface area contributed by atoms with Crippen LogP contribution in [0.25, 0.3) is 11.0 Å². The van der Waals surface area contributed by atoms with Crippen molar-refractivity contribution in [2.24, 2.45) is 7.05 Å². The third-order valence-electron chi connectivity index (χ3n) is 4.81. The lowest BCUT2D eigenvalue weighted by atomic mass is 10.2. The molecule has 0 radical (unpaired) electrons. The van der Waals surface area contributed by atoms with Crippen LogP contribution in [0.3, 0.4) is 0 Å². The molecule has 1 aliphatic rings. The van der Waals surface area contributed by atoms with Gasteiger partial charge in [-0.2, -0.15) is 5.10 Å². The second-order valence-electron chi connectivity index (χ2n) is 6.69.